The van der Waals surface area contributed by atoms with Crippen LogP contribution < -0.4 is 10.1 Å². The van der Waals surface area contributed by atoms with Gasteiger partial charge < -0.3 is 10.1 Å². The first-order chi connectivity index (χ1) is 10.3. The lowest BCUT2D eigenvalue weighted by molar-refractivity contribution is -0.131. The van der Waals surface area contributed by atoms with Crippen LogP contribution in [0.1, 0.15) is 27.2 Å². The standard InChI is InChI=1S/C16H21BrN2O3/c1-11(2)10-16(3)14(20)19(15(21)18-16)7-8-22-13-6-4-5-12(17)9-13/h4-6,9,11H,7-8,10H2,1-3H3,(H,18,21). The van der Waals surface area contributed by atoms with Crippen molar-refractivity contribution in [3.05, 3.63) is 28.7 Å². The van der Waals surface area contributed by atoms with Crippen LogP contribution in [0.25, 0.3) is 0 Å². The van der Waals surface area contributed by atoms with Gasteiger partial charge in [-0.1, -0.05) is 35.8 Å². The predicted molar refractivity (Wildman–Crippen MR) is 87.7 cm³/mol. The molecule has 0 spiro atoms. The minimum Gasteiger partial charge on any atom is -0.492 e. The summed E-state index contributed by atoms with van der Waals surface area (Å²) in [7, 11) is 0. The van der Waals surface area contributed by atoms with Crippen LogP contribution in [-0.4, -0.2) is 35.5 Å². The third-order valence-electron chi connectivity index (χ3n) is 3.54. The van der Waals surface area contributed by atoms with E-state index in [1.165, 1.54) is 4.90 Å². The number of carbonyl (C=O) groups is 2. The molecule has 120 valence electrons. The second-order valence-electron chi connectivity index (χ2n) is 6.12. The number of nitrogens with zero attached hydrogens (tertiary/aromatic N) is 1. The van der Waals surface area contributed by atoms with E-state index < -0.39 is 5.54 Å². The number of ether oxygens (including phenoxy) is 1. The lowest BCUT2D eigenvalue weighted by Gasteiger charge is -2.23. The molecule has 3 amide bonds. The average Bonchev–Trinajstić information content (AvgIpc) is 2.61. The Bertz CT molecular complexity index is 576. The highest BCUT2D eigenvalue weighted by atomic mass is 79.9. The van der Waals surface area contributed by atoms with Crippen molar-refractivity contribution in [2.45, 2.75) is 32.7 Å². The molecule has 1 unspecified atom stereocenters. The van der Waals surface area contributed by atoms with Gasteiger partial charge in [0.2, 0.25) is 0 Å². The minimum atomic E-state index is -0.805. The van der Waals surface area contributed by atoms with Crippen molar-refractivity contribution in [1.82, 2.24) is 10.2 Å². The number of benzene rings is 1. The van der Waals surface area contributed by atoms with Crippen LogP contribution in [-0.2, 0) is 4.79 Å². The topological polar surface area (TPSA) is 58.6 Å². The van der Waals surface area contributed by atoms with Gasteiger partial charge in [0.25, 0.3) is 5.91 Å². The van der Waals surface area contributed by atoms with E-state index in [1.54, 1.807) is 6.92 Å². The van der Waals surface area contributed by atoms with Crippen LogP contribution in [0.3, 0.4) is 0 Å². The van der Waals surface area contributed by atoms with Gasteiger partial charge in [0, 0.05) is 4.47 Å². The van der Waals surface area contributed by atoms with Gasteiger partial charge in [-0.15, -0.1) is 0 Å². The Hall–Kier alpha value is -1.56. The Balaban J connectivity index is 1.93. The van der Waals surface area contributed by atoms with E-state index in [1.807, 2.05) is 38.1 Å². The molecule has 1 aromatic rings. The Morgan fingerprint density at radius 3 is 2.73 bits per heavy atom. The summed E-state index contributed by atoms with van der Waals surface area (Å²) in [6.07, 6.45) is 0.626. The quantitative estimate of drug-likeness (QED) is 0.784. The number of amides is 3. The molecule has 0 saturated carbocycles. The van der Waals surface area contributed by atoms with E-state index in [0.29, 0.717) is 18.1 Å². The molecule has 1 aliphatic heterocycles. The molecule has 0 radical (unpaired) electrons. The summed E-state index contributed by atoms with van der Waals surface area (Å²) in [5.41, 5.74) is -0.805. The maximum atomic E-state index is 12.4. The van der Waals surface area contributed by atoms with Crippen LogP contribution in [0.5, 0.6) is 5.75 Å². The first kappa shape index (κ1) is 16.8. The Labute approximate surface area is 139 Å². The summed E-state index contributed by atoms with van der Waals surface area (Å²) >= 11 is 3.37. The third-order valence-corrected chi connectivity index (χ3v) is 4.03. The number of rotatable bonds is 6. The van der Waals surface area contributed by atoms with E-state index >= 15 is 0 Å². The smallest absolute Gasteiger partial charge is 0.325 e. The summed E-state index contributed by atoms with van der Waals surface area (Å²) in [5, 5.41) is 2.79. The van der Waals surface area contributed by atoms with Crippen molar-refractivity contribution < 1.29 is 14.3 Å². The number of hydrogen-bond donors (Lipinski definition) is 1. The van der Waals surface area contributed by atoms with Crippen molar-refractivity contribution in [2.75, 3.05) is 13.2 Å². The fourth-order valence-electron chi connectivity index (χ4n) is 2.72. The highest BCUT2D eigenvalue weighted by Gasteiger charge is 2.47. The Morgan fingerprint density at radius 2 is 2.09 bits per heavy atom. The molecule has 6 heteroatoms. The van der Waals surface area contributed by atoms with Crippen LogP contribution in [0.15, 0.2) is 28.7 Å². The second kappa shape index (κ2) is 6.69. The average molecular weight is 369 g/mol. The predicted octanol–water partition coefficient (Wildman–Crippen LogP) is 3.18. The number of hydrogen-bond acceptors (Lipinski definition) is 3. The molecule has 0 aromatic heterocycles. The molecule has 22 heavy (non-hydrogen) atoms. The number of carbonyl (C=O) groups excluding carboxylic acids is 2. The van der Waals surface area contributed by atoms with Gasteiger partial charge in [-0.2, -0.15) is 0 Å². The highest BCUT2D eigenvalue weighted by Crippen LogP contribution is 2.25. The molecule has 0 bridgehead atoms. The SMILES string of the molecule is CC(C)CC1(C)NC(=O)N(CCOc2cccc(Br)c2)C1=O. The van der Waals surface area contributed by atoms with E-state index in [-0.39, 0.29) is 25.1 Å². The highest BCUT2D eigenvalue weighted by molar-refractivity contribution is 9.10. The molecule has 1 aliphatic rings. The summed E-state index contributed by atoms with van der Waals surface area (Å²) < 4.78 is 6.51. The Morgan fingerprint density at radius 1 is 1.36 bits per heavy atom. The van der Waals surface area contributed by atoms with Crippen LogP contribution >= 0.6 is 15.9 Å². The number of urea groups is 1. The van der Waals surface area contributed by atoms with Gasteiger partial charge >= 0.3 is 6.03 Å². The van der Waals surface area contributed by atoms with Crippen molar-refractivity contribution in [2.24, 2.45) is 5.92 Å². The molecule has 2 rings (SSSR count). The summed E-state index contributed by atoms with van der Waals surface area (Å²) in [4.78, 5) is 25.7. The molecule has 5 nitrogen and oxygen atoms in total. The monoisotopic (exact) mass is 368 g/mol. The number of nitrogens with one attached hydrogen (secondary N) is 1. The molecule has 1 aromatic carbocycles. The van der Waals surface area contributed by atoms with E-state index in [2.05, 4.69) is 21.2 Å². The van der Waals surface area contributed by atoms with Gasteiger partial charge in [0.15, 0.2) is 0 Å². The maximum absolute atomic E-state index is 12.4. The summed E-state index contributed by atoms with van der Waals surface area (Å²) in [5.74, 6) is 0.850. The number of halogens is 1. The van der Waals surface area contributed by atoms with Crippen LogP contribution in [0.4, 0.5) is 4.79 Å². The molecule has 1 fully saturated rings. The first-order valence-corrected chi connectivity index (χ1v) is 8.13. The molecule has 1 N–H and O–H groups in total. The van der Waals surface area contributed by atoms with E-state index in [4.69, 9.17) is 4.74 Å². The van der Waals surface area contributed by atoms with Crippen molar-refractivity contribution in [3.8, 4) is 5.75 Å². The zero-order valence-electron chi connectivity index (χ0n) is 13.1. The minimum absolute atomic E-state index is 0.177. The molecule has 0 aliphatic carbocycles. The van der Waals surface area contributed by atoms with Crippen LogP contribution in [0.2, 0.25) is 0 Å². The first-order valence-electron chi connectivity index (χ1n) is 7.34. The molecular weight excluding hydrogens is 348 g/mol. The normalized spacial score (nSPS) is 21.4. The molecule has 1 saturated heterocycles. The summed E-state index contributed by atoms with van der Waals surface area (Å²) in [6, 6.07) is 7.11. The largest absolute Gasteiger partial charge is 0.492 e. The van der Waals surface area contributed by atoms with Crippen molar-refractivity contribution in [3.63, 3.8) is 0 Å². The molecular formula is C16H21BrN2O3. The number of imide groups is 1. The van der Waals surface area contributed by atoms with Crippen LogP contribution in [0, 0.1) is 5.92 Å². The van der Waals surface area contributed by atoms with Gasteiger partial charge in [0.1, 0.15) is 17.9 Å². The van der Waals surface area contributed by atoms with E-state index in [0.717, 1.165) is 4.47 Å². The van der Waals surface area contributed by atoms with Crippen molar-refractivity contribution >= 4 is 27.9 Å². The molecule has 1 atom stereocenters. The maximum Gasteiger partial charge on any atom is 0.325 e. The lowest BCUT2D eigenvalue weighted by atomic mass is 9.91. The lowest BCUT2D eigenvalue weighted by Crippen LogP contribution is -2.45. The molecule has 1 heterocycles. The summed E-state index contributed by atoms with van der Waals surface area (Å²) in [6.45, 7) is 6.36. The zero-order valence-corrected chi connectivity index (χ0v) is 14.6. The Kier molecular flexibility index (Phi) is 5.11. The third kappa shape index (κ3) is 3.80. The fourth-order valence-corrected chi connectivity index (χ4v) is 3.09. The van der Waals surface area contributed by atoms with Gasteiger partial charge in [0.05, 0.1) is 6.54 Å². The second-order valence-corrected chi connectivity index (χ2v) is 7.04. The zero-order chi connectivity index (χ0) is 16.3. The van der Waals surface area contributed by atoms with Gasteiger partial charge in [-0.3, -0.25) is 9.69 Å². The fraction of sp³-hybridized carbons (Fsp3) is 0.500. The van der Waals surface area contributed by atoms with Gasteiger partial charge in [-0.25, -0.2) is 4.79 Å². The van der Waals surface area contributed by atoms with E-state index in [9.17, 15) is 9.59 Å². The van der Waals surface area contributed by atoms with Crippen molar-refractivity contribution in [1.29, 1.82) is 0 Å². The van der Waals surface area contributed by atoms with Gasteiger partial charge in [-0.05, 0) is 37.5 Å².